The molecule has 0 aliphatic carbocycles. The number of carbonyl (C=O) groups excluding carboxylic acids is 1. The van der Waals surface area contributed by atoms with Gasteiger partial charge in [-0.25, -0.2) is 0 Å². The second kappa shape index (κ2) is 10.6. The number of rotatable bonds is 6. The average Bonchev–Trinajstić information content (AvgIpc) is 3.28. The van der Waals surface area contributed by atoms with Gasteiger partial charge >= 0.3 is 0 Å². The first kappa shape index (κ1) is 28.2. The molecule has 0 spiro atoms. The summed E-state index contributed by atoms with van der Waals surface area (Å²) in [5.41, 5.74) is 8.68. The molecule has 4 heteroatoms. The molecule has 4 aromatic carbocycles. The van der Waals surface area contributed by atoms with Crippen molar-refractivity contribution >= 4 is 40.2 Å². The third-order valence-corrected chi connectivity index (χ3v) is 7.81. The Hall–Kier alpha value is -4.31. The number of aromatic nitrogens is 1. The van der Waals surface area contributed by atoms with Gasteiger partial charge in [0, 0.05) is 22.0 Å². The fraction of sp³-hybridized carbons (Fsp3) is 0.270. The third-order valence-electron chi connectivity index (χ3n) is 7.81. The van der Waals surface area contributed by atoms with Crippen molar-refractivity contribution in [1.82, 2.24) is 4.57 Å². The van der Waals surface area contributed by atoms with E-state index in [4.69, 9.17) is 9.47 Å². The first-order valence-electron chi connectivity index (χ1n) is 14.0. The molecule has 0 saturated heterocycles. The fourth-order valence-corrected chi connectivity index (χ4v) is 5.32. The summed E-state index contributed by atoms with van der Waals surface area (Å²) in [5.74, 6) is 1.14. The lowest BCUT2D eigenvalue weighted by molar-refractivity contribution is 0.112. The molecule has 0 saturated carbocycles. The normalized spacial score (nSPS) is 12.4. The van der Waals surface area contributed by atoms with Gasteiger partial charge in [-0.15, -0.1) is 0 Å². The number of ether oxygens (including phenoxy) is 2. The highest BCUT2D eigenvalue weighted by molar-refractivity contribution is 6.10. The second-order valence-electron chi connectivity index (χ2n) is 12.7. The number of fused-ring (bicyclic) bond motifs is 3. The number of carbonyl (C=O) groups is 1. The van der Waals surface area contributed by atoms with Crippen molar-refractivity contribution in [3.05, 3.63) is 101 Å². The molecule has 0 atom stereocenters. The van der Waals surface area contributed by atoms with E-state index in [1.54, 1.807) is 20.3 Å². The van der Waals surface area contributed by atoms with E-state index in [0.29, 0.717) is 17.1 Å². The second-order valence-corrected chi connectivity index (χ2v) is 12.7. The van der Waals surface area contributed by atoms with Crippen LogP contribution in [0.1, 0.15) is 74.2 Å². The lowest BCUT2D eigenvalue weighted by Crippen LogP contribution is -2.10. The topological polar surface area (TPSA) is 40.5 Å². The molecule has 4 nitrogen and oxygen atoms in total. The number of methoxy groups -OCH3 is 2. The average molecular weight is 546 g/mol. The molecular weight excluding hydrogens is 506 g/mol. The molecule has 0 bridgehead atoms. The summed E-state index contributed by atoms with van der Waals surface area (Å²) < 4.78 is 13.3. The van der Waals surface area contributed by atoms with Crippen LogP contribution < -0.4 is 9.47 Å². The molecule has 1 aromatic heterocycles. The van der Waals surface area contributed by atoms with Crippen LogP contribution in [0, 0.1) is 0 Å². The Labute approximate surface area is 243 Å². The van der Waals surface area contributed by atoms with E-state index >= 15 is 0 Å². The van der Waals surface area contributed by atoms with Gasteiger partial charge in [0.05, 0.1) is 30.8 Å². The standard InChI is InChI=1S/C37H39NO3/c1-36(2,3)27-13-17-32-30(21-27)31-22-28(37(4,5)6)14-18-33(31)38(32)29-15-10-24(11-16-29)9-12-25-19-35(41-8)26(23-39)20-34(25)40-7/h9-23H,1-8H3/b12-9+. The molecule has 41 heavy (non-hydrogen) atoms. The van der Waals surface area contributed by atoms with E-state index in [9.17, 15) is 4.79 Å². The van der Waals surface area contributed by atoms with Crippen molar-refractivity contribution in [2.45, 2.75) is 52.4 Å². The van der Waals surface area contributed by atoms with Crippen LogP contribution in [0.4, 0.5) is 0 Å². The first-order chi connectivity index (χ1) is 19.4. The molecular formula is C37H39NO3. The fourth-order valence-electron chi connectivity index (χ4n) is 5.32. The maximum atomic E-state index is 11.4. The highest BCUT2D eigenvalue weighted by Gasteiger charge is 2.20. The summed E-state index contributed by atoms with van der Waals surface area (Å²) in [4.78, 5) is 11.4. The molecule has 0 fully saturated rings. The van der Waals surface area contributed by atoms with E-state index in [1.165, 1.54) is 32.9 Å². The maximum absolute atomic E-state index is 11.4. The molecule has 0 aliphatic heterocycles. The zero-order valence-corrected chi connectivity index (χ0v) is 25.3. The molecule has 0 aliphatic rings. The molecule has 5 rings (SSSR count). The molecule has 0 radical (unpaired) electrons. The highest BCUT2D eigenvalue weighted by atomic mass is 16.5. The summed E-state index contributed by atoms with van der Waals surface area (Å²) in [5, 5.41) is 2.56. The number of hydrogen-bond acceptors (Lipinski definition) is 3. The minimum Gasteiger partial charge on any atom is -0.496 e. The number of nitrogens with zero attached hydrogens (tertiary/aromatic N) is 1. The van der Waals surface area contributed by atoms with Crippen molar-refractivity contribution < 1.29 is 14.3 Å². The molecule has 1 heterocycles. The Balaban J connectivity index is 1.59. The molecule has 0 amide bonds. The van der Waals surface area contributed by atoms with E-state index in [1.807, 2.05) is 18.2 Å². The van der Waals surface area contributed by atoms with Crippen LogP contribution >= 0.6 is 0 Å². The van der Waals surface area contributed by atoms with Crippen LogP contribution in [0.3, 0.4) is 0 Å². The van der Waals surface area contributed by atoms with Crippen LogP contribution in [0.25, 0.3) is 39.6 Å². The van der Waals surface area contributed by atoms with Crippen molar-refractivity contribution in [2.24, 2.45) is 0 Å². The summed E-state index contributed by atoms with van der Waals surface area (Å²) in [6, 6.07) is 25.9. The Bertz CT molecular complexity index is 1700. The van der Waals surface area contributed by atoms with Crippen molar-refractivity contribution in [3.63, 3.8) is 0 Å². The zero-order valence-electron chi connectivity index (χ0n) is 25.3. The largest absolute Gasteiger partial charge is 0.496 e. The maximum Gasteiger partial charge on any atom is 0.153 e. The van der Waals surface area contributed by atoms with Gasteiger partial charge in [-0.1, -0.05) is 78.0 Å². The van der Waals surface area contributed by atoms with Crippen LogP contribution in [-0.4, -0.2) is 25.1 Å². The van der Waals surface area contributed by atoms with Crippen LogP contribution in [0.2, 0.25) is 0 Å². The Morgan fingerprint density at radius 1 is 0.610 bits per heavy atom. The summed E-state index contributed by atoms with van der Waals surface area (Å²) in [6.45, 7) is 13.6. The van der Waals surface area contributed by atoms with Gasteiger partial charge in [0.2, 0.25) is 0 Å². The smallest absolute Gasteiger partial charge is 0.153 e. The van der Waals surface area contributed by atoms with Gasteiger partial charge in [0.15, 0.2) is 6.29 Å². The Morgan fingerprint density at radius 3 is 1.56 bits per heavy atom. The van der Waals surface area contributed by atoms with Crippen LogP contribution in [0.5, 0.6) is 11.5 Å². The van der Waals surface area contributed by atoms with Crippen molar-refractivity contribution in [2.75, 3.05) is 14.2 Å². The number of benzene rings is 4. The van der Waals surface area contributed by atoms with E-state index < -0.39 is 0 Å². The summed E-state index contributed by atoms with van der Waals surface area (Å²) in [6.07, 6.45) is 4.79. The van der Waals surface area contributed by atoms with Gasteiger partial charge in [-0.3, -0.25) is 4.79 Å². The zero-order chi connectivity index (χ0) is 29.5. The van der Waals surface area contributed by atoms with Crippen LogP contribution in [-0.2, 0) is 10.8 Å². The minimum absolute atomic E-state index is 0.0680. The number of aldehydes is 1. The Kier molecular flexibility index (Phi) is 7.29. The van der Waals surface area contributed by atoms with Gasteiger partial charge < -0.3 is 14.0 Å². The predicted molar refractivity (Wildman–Crippen MR) is 172 cm³/mol. The molecule has 210 valence electrons. The summed E-state index contributed by atoms with van der Waals surface area (Å²) >= 11 is 0. The van der Waals surface area contributed by atoms with E-state index in [-0.39, 0.29) is 10.8 Å². The van der Waals surface area contributed by atoms with E-state index in [2.05, 4.69) is 107 Å². The quantitative estimate of drug-likeness (QED) is 0.158. The third kappa shape index (κ3) is 5.39. The van der Waals surface area contributed by atoms with Crippen molar-refractivity contribution in [1.29, 1.82) is 0 Å². The first-order valence-corrected chi connectivity index (χ1v) is 14.0. The lowest BCUT2D eigenvalue weighted by Gasteiger charge is -2.19. The minimum atomic E-state index is 0.0680. The molecule has 5 aromatic rings. The predicted octanol–water partition coefficient (Wildman–Crippen LogP) is 9.38. The van der Waals surface area contributed by atoms with Gasteiger partial charge in [0.25, 0.3) is 0 Å². The van der Waals surface area contributed by atoms with Crippen molar-refractivity contribution in [3.8, 4) is 17.2 Å². The molecule has 0 N–H and O–H groups in total. The monoisotopic (exact) mass is 545 g/mol. The lowest BCUT2D eigenvalue weighted by atomic mass is 9.85. The SMILES string of the molecule is COc1cc(/C=C/c2ccc(-n3c4ccc(C(C)(C)C)cc4c4cc(C(C)(C)C)ccc43)cc2)c(OC)cc1C=O. The van der Waals surface area contributed by atoms with E-state index in [0.717, 1.165) is 23.1 Å². The van der Waals surface area contributed by atoms with Gasteiger partial charge in [-0.2, -0.15) is 0 Å². The van der Waals surface area contributed by atoms with Crippen LogP contribution in [0.15, 0.2) is 72.8 Å². The molecule has 0 unspecified atom stereocenters. The Morgan fingerprint density at radius 2 is 1.10 bits per heavy atom. The summed E-state index contributed by atoms with van der Waals surface area (Å²) in [7, 11) is 3.16. The van der Waals surface area contributed by atoms with Gasteiger partial charge in [-0.05, 0) is 76.1 Å². The van der Waals surface area contributed by atoms with Gasteiger partial charge in [0.1, 0.15) is 11.5 Å². The highest BCUT2D eigenvalue weighted by Crippen LogP contribution is 2.37. The number of hydrogen-bond donors (Lipinski definition) is 0.